The summed E-state index contributed by atoms with van der Waals surface area (Å²) in [6.07, 6.45) is 1.73. The van der Waals surface area contributed by atoms with Gasteiger partial charge in [-0.05, 0) is 82.7 Å². The van der Waals surface area contributed by atoms with E-state index in [4.69, 9.17) is 33.7 Å². The van der Waals surface area contributed by atoms with Crippen LogP contribution in [0.5, 0.6) is 0 Å². The summed E-state index contributed by atoms with van der Waals surface area (Å²) in [5.41, 5.74) is 1.53. The lowest BCUT2D eigenvalue weighted by atomic mass is 10.2. The summed E-state index contributed by atoms with van der Waals surface area (Å²) >= 11 is 15.1. The normalized spacial score (nSPS) is 10.7. The molecule has 3 heterocycles. The van der Waals surface area contributed by atoms with E-state index >= 15 is 0 Å². The predicted molar refractivity (Wildman–Crippen MR) is 161 cm³/mol. The van der Waals surface area contributed by atoms with Crippen LogP contribution in [0.3, 0.4) is 0 Å². The van der Waals surface area contributed by atoms with Gasteiger partial charge < -0.3 is 9.67 Å². The average molecular weight is 684 g/mol. The van der Waals surface area contributed by atoms with E-state index in [0.717, 1.165) is 4.31 Å². The van der Waals surface area contributed by atoms with Crippen molar-refractivity contribution < 1.29 is 18.3 Å². The van der Waals surface area contributed by atoms with Crippen molar-refractivity contribution in [2.45, 2.75) is 4.90 Å². The summed E-state index contributed by atoms with van der Waals surface area (Å²) in [4.78, 5) is 19.4. The van der Waals surface area contributed by atoms with Crippen LogP contribution in [0.2, 0.25) is 10.0 Å². The molecule has 14 heteroatoms. The van der Waals surface area contributed by atoms with Gasteiger partial charge in [-0.2, -0.15) is 10.5 Å². The maximum atomic E-state index is 13.3. The standard InChI is InChI=1S/C22H14Cl2N4O4S.C6H3BrN2/c23-15-9-16(24)11-19(10-15)33(31,32)28(13-22(29)30)18-4-5-20-14(8-18)6-7-27(20)21-3-1-2-17(12-25)26-21;7-6-3-1-2-5(4-8)9-6/h1-11H,13H2,(H,29,30);1-3H. The molecule has 0 radical (unpaired) electrons. The van der Waals surface area contributed by atoms with Crippen LogP contribution in [-0.2, 0) is 14.8 Å². The zero-order chi connectivity index (χ0) is 30.4. The lowest BCUT2D eigenvalue weighted by Crippen LogP contribution is -2.35. The Bertz CT molecular complexity index is 1980. The number of aliphatic carboxylic acids is 1. The fraction of sp³-hybridized carbons (Fsp3) is 0.0357. The maximum absolute atomic E-state index is 13.3. The first kappa shape index (κ1) is 30.5. The topological polar surface area (TPSA) is 153 Å². The molecule has 0 saturated carbocycles. The minimum Gasteiger partial charge on any atom is -0.480 e. The molecule has 5 rings (SSSR count). The van der Waals surface area contributed by atoms with Gasteiger partial charge in [0, 0.05) is 21.6 Å². The van der Waals surface area contributed by atoms with Crippen molar-refractivity contribution in [3.8, 4) is 18.0 Å². The van der Waals surface area contributed by atoms with Crippen LogP contribution >= 0.6 is 39.1 Å². The molecule has 0 aliphatic rings. The summed E-state index contributed by atoms with van der Waals surface area (Å²) < 4.78 is 29.8. The summed E-state index contributed by atoms with van der Waals surface area (Å²) in [6, 6.07) is 24.4. The second-order valence-corrected chi connectivity index (χ2v) is 11.9. The van der Waals surface area contributed by atoms with Gasteiger partial charge in [-0.1, -0.05) is 35.3 Å². The highest BCUT2D eigenvalue weighted by molar-refractivity contribution is 9.10. The Hall–Kier alpha value is -4.46. The van der Waals surface area contributed by atoms with Crippen LogP contribution in [0.25, 0.3) is 16.7 Å². The second-order valence-electron chi connectivity index (χ2n) is 8.39. The van der Waals surface area contributed by atoms with Crippen molar-refractivity contribution in [2.24, 2.45) is 0 Å². The molecule has 210 valence electrons. The third-order valence-electron chi connectivity index (χ3n) is 5.59. The summed E-state index contributed by atoms with van der Waals surface area (Å²) in [7, 11) is -4.29. The van der Waals surface area contributed by atoms with Crippen molar-refractivity contribution in [1.29, 1.82) is 10.5 Å². The number of nitrogens with zero attached hydrogens (tertiary/aromatic N) is 6. The molecule has 42 heavy (non-hydrogen) atoms. The van der Waals surface area contributed by atoms with Gasteiger partial charge in [0.05, 0.1) is 16.1 Å². The number of fused-ring (bicyclic) bond motifs is 1. The highest BCUT2D eigenvalue weighted by atomic mass is 79.9. The molecule has 0 amide bonds. The molecule has 0 aliphatic heterocycles. The Labute approximate surface area is 258 Å². The average Bonchev–Trinajstić information content (AvgIpc) is 3.39. The molecule has 1 N–H and O–H groups in total. The van der Waals surface area contributed by atoms with Crippen LogP contribution in [0.1, 0.15) is 11.4 Å². The number of anilines is 1. The molecule has 0 spiro atoms. The van der Waals surface area contributed by atoms with Crippen LogP contribution in [0.15, 0.2) is 94.6 Å². The highest BCUT2D eigenvalue weighted by Gasteiger charge is 2.28. The lowest BCUT2D eigenvalue weighted by Gasteiger charge is -2.23. The molecule has 0 fully saturated rings. The van der Waals surface area contributed by atoms with Gasteiger partial charge in [0.15, 0.2) is 0 Å². The van der Waals surface area contributed by atoms with Crippen LogP contribution in [0.4, 0.5) is 5.69 Å². The second kappa shape index (κ2) is 13.0. The van der Waals surface area contributed by atoms with E-state index in [1.807, 2.05) is 12.1 Å². The zero-order valence-electron chi connectivity index (χ0n) is 21.2. The van der Waals surface area contributed by atoms with Crippen molar-refractivity contribution in [2.75, 3.05) is 10.8 Å². The maximum Gasteiger partial charge on any atom is 0.324 e. The number of nitriles is 2. The Morgan fingerprint density at radius 3 is 2.17 bits per heavy atom. The largest absolute Gasteiger partial charge is 0.480 e. The molecule has 0 atom stereocenters. The third-order valence-corrected chi connectivity index (χ3v) is 8.22. The van der Waals surface area contributed by atoms with Crippen molar-refractivity contribution in [1.82, 2.24) is 14.5 Å². The number of carboxylic acids is 1. The van der Waals surface area contributed by atoms with Crippen LogP contribution in [0, 0.1) is 22.7 Å². The number of carbonyl (C=O) groups is 1. The Morgan fingerprint density at radius 2 is 1.57 bits per heavy atom. The minimum absolute atomic E-state index is 0.107. The van der Waals surface area contributed by atoms with Gasteiger partial charge in [0.1, 0.15) is 40.5 Å². The minimum atomic E-state index is -4.29. The number of pyridine rings is 2. The van der Waals surface area contributed by atoms with Gasteiger partial charge in [-0.15, -0.1) is 0 Å². The van der Waals surface area contributed by atoms with Crippen molar-refractivity contribution >= 4 is 71.7 Å². The molecule has 10 nitrogen and oxygen atoms in total. The molecule has 0 unspecified atom stereocenters. The number of hydrogen-bond donors (Lipinski definition) is 1. The number of benzene rings is 2. The first-order chi connectivity index (χ1) is 20.0. The number of halogens is 3. The fourth-order valence-electron chi connectivity index (χ4n) is 3.82. The number of rotatable bonds is 6. The Kier molecular flexibility index (Phi) is 9.45. The van der Waals surface area contributed by atoms with Crippen LogP contribution < -0.4 is 4.31 Å². The van der Waals surface area contributed by atoms with Gasteiger partial charge >= 0.3 is 5.97 Å². The molecule has 0 saturated heterocycles. The number of sulfonamides is 1. The molecule has 2 aromatic carbocycles. The van der Waals surface area contributed by atoms with E-state index in [1.165, 1.54) is 24.3 Å². The van der Waals surface area contributed by atoms with Gasteiger partial charge in [0.25, 0.3) is 10.0 Å². The molecule has 0 aliphatic carbocycles. The van der Waals surface area contributed by atoms with Crippen molar-refractivity contribution in [3.63, 3.8) is 0 Å². The molecular formula is C28H17BrCl2N6O4S. The van der Waals surface area contributed by atoms with E-state index < -0.39 is 22.5 Å². The van der Waals surface area contributed by atoms with Crippen LogP contribution in [-0.4, -0.2) is 40.6 Å². The smallest absolute Gasteiger partial charge is 0.324 e. The number of aromatic nitrogens is 3. The summed E-state index contributed by atoms with van der Waals surface area (Å²) in [5, 5.41) is 27.7. The number of hydrogen-bond acceptors (Lipinski definition) is 7. The fourth-order valence-corrected chi connectivity index (χ4v) is 6.29. The number of carboxylic acid groups (broad SMARTS) is 1. The van der Waals surface area contributed by atoms with Gasteiger partial charge in [-0.25, -0.2) is 18.4 Å². The zero-order valence-corrected chi connectivity index (χ0v) is 25.1. The monoisotopic (exact) mass is 682 g/mol. The Morgan fingerprint density at radius 1 is 0.929 bits per heavy atom. The first-order valence-corrected chi connectivity index (χ1v) is 14.7. The van der Waals surface area contributed by atoms with E-state index in [0.29, 0.717) is 27.0 Å². The SMILES string of the molecule is N#Cc1cccc(-n2ccc3cc(N(CC(=O)O)S(=O)(=O)c4cc(Cl)cc(Cl)c4)ccc32)n1.N#Cc1cccc(Br)n1. The highest BCUT2D eigenvalue weighted by Crippen LogP contribution is 2.31. The van der Waals surface area contributed by atoms with E-state index in [9.17, 15) is 18.3 Å². The van der Waals surface area contributed by atoms with Gasteiger partial charge in [0.2, 0.25) is 0 Å². The first-order valence-electron chi connectivity index (χ1n) is 11.7. The van der Waals surface area contributed by atoms with E-state index in [-0.39, 0.29) is 26.3 Å². The summed E-state index contributed by atoms with van der Waals surface area (Å²) in [6.45, 7) is -0.801. The molecule has 3 aromatic heterocycles. The van der Waals surface area contributed by atoms with E-state index in [1.54, 1.807) is 65.4 Å². The van der Waals surface area contributed by atoms with Gasteiger partial charge in [-0.3, -0.25) is 9.10 Å². The molecular weight excluding hydrogens is 667 g/mol. The summed E-state index contributed by atoms with van der Waals surface area (Å²) in [5.74, 6) is -0.817. The molecule has 5 aromatic rings. The predicted octanol–water partition coefficient (Wildman–Crippen LogP) is 6.20. The van der Waals surface area contributed by atoms with Crippen molar-refractivity contribution in [3.05, 3.63) is 111 Å². The molecule has 0 bridgehead atoms. The lowest BCUT2D eigenvalue weighted by molar-refractivity contribution is -0.135. The van der Waals surface area contributed by atoms with E-state index in [2.05, 4.69) is 25.9 Å². The third kappa shape index (κ3) is 7.05. The Balaban J connectivity index is 0.000000385. The quantitative estimate of drug-likeness (QED) is 0.208.